The van der Waals surface area contributed by atoms with Gasteiger partial charge in [-0.15, -0.1) is 0 Å². The summed E-state index contributed by atoms with van der Waals surface area (Å²) in [6.07, 6.45) is 2.57. The maximum atomic E-state index is 5.98. The van der Waals surface area contributed by atoms with E-state index in [1.807, 2.05) is 14.2 Å². The van der Waals surface area contributed by atoms with Crippen LogP contribution in [0.5, 0.6) is 0 Å². The Balaban J connectivity index is 2.39. The van der Waals surface area contributed by atoms with Gasteiger partial charge >= 0.3 is 8.56 Å². The van der Waals surface area contributed by atoms with Gasteiger partial charge in [0.15, 0.2) is 0 Å². The van der Waals surface area contributed by atoms with E-state index in [1.165, 1.54) is 12.8 Å². The quantitative estimate of drug-likeness (QED) is 0.560. The molecule has 0 aromatic heterocycles. The predicted octanol–water partition coefficient (Wildman–Crippen LogP) is 4.27. The van der Waals surface area contributed by atoms with Gasteiger partial charge in [-0.05, 0) is 36.6 Å². The van der Waals surface area contributed by atoms with E-state index >= 15 is 0 Å². The lowest BCUT2D eigenvalue weighted by Crippen LogP contribution is -2.54. The normalized spacial score (nSPS) is 30.7. The van der Waals surface area contributed by atoms with E-state index in [1.54, 1.807) is 11.1 Å². The number of rotatable bonds is 4. The van der Waals surface area contributed by atoms with Crippen molar-refractivity contribution in [1.29, 1.82) is 0 Å². The van der Waals surface area contributed by atoms with Crippen molar-refractivity contribution in [3.63, 3.8) is 0 Å². The summed E-state index contributed by atoms with van der Waals surface area (Å²) in [6, 6.07) is 0. The van der Waals surface area contributed by atoms with Crippen LogP contribution in [0.3, 0.4) is 0 Å². The van der Waals surface area contributed by atoms with Gasteiger partial charge in [0.05, 0.1) is 0 Å². The first-order chi connectivity index (χ1) is 8.31. The molecule has 3 heteroatoms. The first-order valence-electron chi connectivity index (χ1n) is 7.11. The van der Waals surface area contributed by atoms with Crippen molar-refractivity contribution in [3.05, 3.63) is 11.1 Å². The zero-order chi connectivity index (χ0) is 13.7. The maximum absolute atomic E-state index is 5.98. The number of hydrogen-bond donors (Lipinski definition) is 0. The molecule has 3 aliphatic carbocycles. The van der Waals surface area contributed by atoms with Crippen LogP contribution in [0.15, 0.2) is 11.1 Å². The van der Waals surface area contributed by atoms with E-state index in [0.717, 1.165) is 5.92 Å². The third kappa shape index (κ3) is 1.67. The molecule has 0 spiro atoms. The Morgan fingerprint density at radius 1 is 1.22 bits per heavy atom. The lowest BCUT2D eigenvalue weighted by molar-refractivity contribution is 0.117. The van der Waals surface area contributed by atoms with Gasteiger partial charge in [-0.2, -0.15) is 0 Å². The number of hydrogen-bond acceptors (Lipinski definition) is 2. The Morgan fingerprint density at radius 2 is 1.78 bits per heavy atom. The Hall–Kier alpha value is -0.123. The van der Waals surface area contributed by atoms with Gasteiger partial charge in [0.25, 0.3) is 0 Å². The molecule has 1 saturated carbocycles. The Morgan fingerprint density at radius 3 is 2.11 bits per heavy atom. The van der Waals surface area contributed by atoms with Gasteiger partial charge in [0, 0.05) is 19.8 Å². The summed E-state index contributed by atoms with van der Waals surface area (Å²) in [5.74, 6) is 0.831. The van der Waals surface area contributed by atoms with E-state index in [2.05, 4.69) is 34.6 Å². The molecule has 0 heterocycles. The van der Waals surface area contributed by atoms with Crippen LogP contribution in [0.1, 0.15) is 47.5 Å². The first kappa shape index (κ1) is 14.3. The Labute approximate surface area is 113 Å². The van der Waals surface area contributed by atoms with Crippen LogP contribution in [-0.4, -0.2) is 22.8 Å². The van der Waals surface area contributed by atoms with Crippen LogP contribution in [0.4, 0.5) is 0 Å². The number of fused-ring (bicyclic) bond motifs is 2. The van der Waals surface area contributed by atoms with E-state index < -0.39 is 8.56 Å². The summed E-state index contributed by atoms with van der Waals surface area (Å²) >= 11 is 0. The average molecular weight is 268 g/mol. The molecular formula is C15H28O2Si. The Kier molecular flexibility index (Phi) is 3.54. The molecule has 3 rings (SSSR count). The van der Waals surface area contributed by atoms with Crippen LogP contribution < -0.4 is 0 Å². The largest absolute Gasteiger partial charge is 0.397 e. The summed E-state index contributed by atoms with van der Waals surface area (Å²) in [7, 11) is 1.58. The standard InChI is InChI=1S/C15H28O2Si/c1-10(2)18(16-6,17-7)14-9-12-8-13(11(14)3)15(12,4)5/h10,12,14H,8-9H2,1-7H3. The van der Waals surface area contributed by atoms with Crippen molar-refractivity contribution < 1.29 is 8.85 Å². The fraction of sp³-hybridized carbons (Fsp3) is 0.867. The van der Waals surface area contributed by atoms with Crippen LogP contribution in [-0.2, 0) is 8.85 Å². The van der Waals surface area contributed by atoms with Crippen LogP contribution in [0.25, 0.3) is 0 Å². The molecule has 2 atom stereocenters. The zero-order valence-electron chi connectivity index (χ0n) is 13.0. The van der Waals surface area contributed by atoms with E-state index in [9.17, 15) is 0 Å². The summed E-state index contributed by atoms with van der Waals surface area (Å²) in [6.45, 7) is 11.6. The molecule has 0 radical (unpaired) electrons. The molecule has 2 bridgehead atoms. The fourth-order valence-electron chi connectivity index (χ4n) is 4.31. The lowest BCUT2D eigenvalue weighted by atomic mass is 9.52. The van der Waals surface area contributed by atoms with Crippen LogP contribution in [0, 0.1) is 11.3 Å². The second kappa shape index (κ2) is 4.46. The molecule has 0 saturated heterocycles. The summed E-state index contributed by atoms with van der Waals surface area (Å²) in [5, 5.41) is 0. The third-order valence-electron chi connectivity index (χ3n) is 5.70. The minimum Gasteiger partial charge on any atom is -0.397 e. The predicted molar refractivity (Wildman–Crippen MR) is 77.8 cm³/mol. The zero-order valence-corrected chi connectivity index (χ0v) is 14.0. The molecule has 1 fully saturated rings. The fourth-order valence-corrected chi connectivity index (χ4v) is 8.18. The molecule has 18 heavy (non-hydrogen) atoms. The van der Waals surface area contributed by atoms with Gasteiger partial charge in [-0.1, -0.05) is 38.8 Å². The molecule has 2 nitrogen and oxygen atoms in total. The number of allylic oxidation sites excluding steroid dienone is 2. The van der Waals surface area contributed by atoms with E-state index in [0.29, 0.717) is 16.5 Å². The molecule has 0 aromatic carbocycles. The average Bonchev–Trinajstić information content (AvgIpc) is 2.31. The molecule has 3 aliphatic rings. The topological polar surface area (TPSA) is 18.5 Å². The lowest BCUT2D eigenvalue weighted by Gasteiger charge is -2.57. The van der Waals surface area contributed by atoms with Crippen LogP contribution in [0.2, 0.25) is 11.1 Å². The highest BCUT2D eigenvalue weighted by Gasteiger charge is 2.57. The molecule has 104 valence electrons. The van der Waals surface area contributed by atoms with E-state index in [-0.39, 0.29) is 0 Å². The smallest absolute Gasteiger partial charge is 0.347 e. The summed E-state index contributed by atoms with van der Waals surface area (Å²) < 4.78 is 12.0. The highest BCUT2D eigenvalue weighted by molar-refractivity contribution is 6.71. The minimum atomic E-state index is -2.11. The molecule has 0 aromatic rings. The second-order valence-electron chi connectivity index (χ2n) is 6.86. The van der Waals surface area contributed by atoms with Crippen molar-refractivity contribution >= 4 is 8.56 Å². The maximum Gasteiger partial charge on any atom is 0.347 e. The van der Waals surface area contributed by atoms with Gasteiger partial charge < -0.3 is 8.85 Å². The molecule has 0 aliphatic heterocycles. The monoisotopic (exact) mass is 268 g/mol. The van der Waals surface area contributed by atoms with E-state index in [4.69, 9.17) is 8.85 Å². The van der Waals surface area contributed by atoms with Crippen molar-refractivity contribution in [2.24, 2.45) is 11.3 Å². The first-order valence-corrected chi connectivity index (χ1v) is 9.08. The minimum absolute atomic E-state index is 0.430. The van der Waals surface area contributed by atoms with Crippen molar-refractivity contribution in [2.45, 2.75) is 58.5 Å². The van der Waals surface area contributed by atoms with Gasteiger partial charge in [-0.3, -0.25) is 0 Å². The Bertz CT molecular complexity index is 367. The van der Waals surface area contributed by atoms with Gasteiger partial charge in [-0.25, -0.2) is 0 Å². The SMILES string of the molecule is CO[Si](OC)(C(C)C)C1CC2CC(=C1C)C2(C)C. The molecular weight excluding hydrogens is 240 g/mol. The van der Waals surface area contributed by atoms with Crippen molar-refractivity contribution in [1.82, 2.24) is 0 Å². The van der Waals surface area contributed by atoms with Crippen molar-refractivity contribution in [2.75, 3.05) is 14.2 Å². The van der Waals surface area contributed by atoms with Crippen molar-refractivity contribution in [3.8, 4) is 0 Å². The second-order valence-corrected chi connectivity index (χ2v) is 11.0. The van der Waals surface area contributed by atoms with Gasteiger partial charge in [0.1, 0.15) is 0 Å². The highest BCUT2D eigenvalue weighted by Crippen LogP contribution is 2.63. The summed E-state index contributed by atoms with van der Waals surface area (Å²) in [4.78, 5) is 0. The highest BCUT2D eigenvalue weighted by atomic mass is 28.4. The third-order valence-corrected chi connectivity index (χ3v) is 10.2. The summed E-state index contributed by atoms with van der Waals surface area (Å²) in [5.41, 5.74) is 4.73. The molecule has 2 unspecified atom stereocenters. The van der Waals surface area contributed by atoms with Crippen LogP contribution >= 0.6 is 0 Å². The molecule has 0 N–H and O–H groups in total. The molecule has 0 amide bonds. The van der Waals surface area contributed by atoms with Gasteiger partial charge in [0.2, 0.25) is 0 Å².